The fourth-order valence-corrected chi connectivity index (χ4v) is 10.2. The number of nitrogens with zero attached hydrogens (tertiary/aromatic N) is 11. The van der Waals surface area contributed by atoms with E-state index < -0.39 is 17.7 Å². The van der Waals surface area contributed by atoms with Crippen molar-refractivity contribution in [3.8, 4) is 0 Å². The van der Waals surface area contributed by atoms with Crippen molar-refractivity contribution < 1.29 is 19.1 Å². The lowest BCUT2D eigenvalue weighted by molar-refractivity contribution is -0.136. The second kappa shape index (κ2) is 23.1. The normalized spacial score (nSPS) is 18.0. The highest BCUT2D eigenvalue weighted by molar-refractivity contribution is 6.35. The summed E-state index contributed by atoms with van der Waals surface area (Å²) in [5.41, 5.74) is 0.811. The number of piperazine rings is 2. The summed E-state index contributed by atoms with van der Waals surface area (Å²) in [5.74, 6) is 1.62. The molecule has 2 atom stereocenters. The number of aromatic nitrogens is 8. The standard InChI is InChI=1S/C27H32Cl2N8O4.C22H24Cl2N8O2/c1-27(2,3)41-26(40)37-8-4-5-19(37)24(39)35-9-11-36(12-10-35)25-33-21(20-22(34-25)31-15-32-23(20)38)30-14-16-6-7-17(28)13-18(16)29;23-14-4-3-13(15(24)10-14)11-26-18-17-19(27-12-28-20(17)33)30-22(29-18)32-8-6-31(7-9-32)21(34)16-2-1-5-25-16/h6-7,13,15,19H,4-5,8-12,14H2,1-3H3,(H2,30,31,32,33,34,38);3-4,10,12,16,25H,1-2,5-9,11H2,(H2,26,27,28,29,30,33)/t19-;16-/m11/s1. The van der Waals surface area contributed by atoms with Crippen LogP contribution < -0.4 is 36.9 Å². The summed E-state index contributed by atoms with van der Waals surface area (Å²) in [6.07, 6.45) is 5.45. The van der Waals surface area contributed by atoms with Gasteiger partial charge >= 0.3 is 6.09 Å². The largest absolute Gasteiger partial charge is 0.444 e. The molecular formula is C49H56Cl4N16O6. The highest BCUT2D eigenvalue weighted by atomic mass is 35.5. The number of H-pyrrole nitrogens is 2. The fourth-order valence-electron chi connectivity index (χ4n) is 9.30. The number of nitrogens with one attached hydrogen (secondary N) is 5. The number of benzene rings is 2. The molecule has 4 fully saturated rings. The van der Waals surface area contributed by atoms with Crippen LogP contribution in [0.25, 0.3) is 22.1 Å². The molecule has 4 aromatic heterocycles. The summed E-state index contributed by atoms with van der Waals surface area (Å²) < 4.78 is 5.52. The van der Waals surface area contributed by atoms with E-state index in [9.17, 15) is 24.0 Å². The van der Waals surface area contributed by atoms with Gasteiger partial charge in [0.15, 0.2) is 11.3 Å². The van der Waals surface area contributed by atoms with E-state index in [0.717, 1.165) is 36.9 Å². The van der Waals surface area contributed by atoms with Crippen molar-refractivity contribution in [3.05, 3.63) is 101 Å². The van der Waals surface area contributed by atoms with Crippen LogP contribution in [-0.2, 0) is 27.4 Å². The molecule has 396 valence electrons. The van der Waals surface area contributed by atoms with Gasteiger partial charge < -0.3 is 50.3 Å². The first-order valence-electron chi connectivity index (χ1n) is 24.7. The van der Waals surface area contributed by atoms with Gasteiger partial charge in [-0.05, 0) is 88.4 Å². The van der Waals surface area contributed by atoms with Gasteiger partial charge in [0, 0.05) is 92.1 Å². The molecule has 0 aliphatic carbocycles. The third kappa shape index (κ3) is 12.6. The maximum Gasteiger partial charge on any atom is 0.410 e. The first-order chi connectivity index (χ1) is 36.0. The minimum absolute atomic E-state index is 0.0742. The maximum atomic E-state index is 13.4. The van der Waals surface area contributed by atoms with Gasteiger partial charge in [-0.1, -0.05) is 58.5 Å². The van der Waals surface area contributed by atoms with Crippen molar-refractivity contribution in [1.29, 1.82) is 0 Å². The van der Waals surface area contributed by atoms with E-state index in [-0.39, 0.29) is 45.4 Å². The predicted molar refractivity (Wildman–Crippen MR) is 288 cm³/mol. The zero-order chi connectivity index (χ0) is 53.0. The lowest BCUT2D eigenvalue weighted by atomic mass is 10.1. The van der Waals surface area contributed by atoms with Gasteiger partial charge in [-0.25, -0.2) is 14.8 Å². The van der Waals surface area contributed by atoms with Crippen molar-refractivity contribution in [2.75, 3.05) is 85.9 Å². The molecular weight excluding hydrogens is 1050 g/mol. The second-order valence-electron chi connectivity index (χ2n) is 19.4. The van der Waals surface area contributed by atoms with Crippen LogP contribution in [0.2, 0.25) is 20.1 Å². The van der Waals surface area contributed by atoms with Crippen LogP contribution in [0.15, 0.2) is 58.6 Å². The average Bonchev–Trinajstić information content (AvgIpc) is 4.12. The Kier molecular flexibility index (Phi) is 16.4. The summed E-state index contributed by atoms with van der Waals surface area (Å²) in [5, 5.41) is 12.3. The van der Waals surface area contributed by atoms with E-state index in [0.29, 0.717) is 128 Å². The lowest BCUT2D eigenvalue weighted by Gasteiger charge is -2.37. The third-order valence-corrected chi connectivity index (χ3v) is 14.3. The molecule has 22 nitrogen and oxygen atoms in total. The number of likely N-dealkylation sites (tertiary alicyclic amines) is 1. The van der Waals surface area contributed by atoms with Gasteiger partial charge in [-0.2, -0.15) is 19.9 Å². The van der Waals surface area contributed by atoms with E-state index >= 15 is 0 Å². The quantitative estimate of drug-likeness (QED) is 0.110. The first-order valence-corrected chi connectivity index (χ1v) is 26.2. The fraction of sp³-hybridized carbons (Fsp3) is 0.449. The molecule has 0 spiro atoms. The van der Waals surface area contributed by atoms with E-state index in [1.54, 1.807) is 40.1 Å². The zero-order valence-electron chi connectivity index (χ0n) is 41.5. The Morgan fingerprint density at radius 2 is 1.15 bits per heavy atom. The number of hydrogen-bond acceptors (Lipinski definition) is 17. The molecule has 0 saturated carbocycles. The summed E-state index contributed by atoms with van der Waals surface area (Å²) in [6, 6.07) is 9.83. The topological polar surface area (TPSA) is 256 Å². The Morgan fingerprint density at radius 1 is 0.653 bits per heavy atom. The van der Waals surface area contributed by atoms with Crippen molar-refractivity contribution in [1.82, 2.24) is 59.9 Å². The Hall–Kier alpha value is -6.59. The lowest BCUT2D eigenvalue weighted by Crippen LogP contribution is -2.55. The van der Waals surface area contributed by atoms with E-state index in [1.807, 2.05) is 41.5 Å². The molecule has 0 unspecified atom stereocenters. The Balaban J connectivity index is 0.000000187. The van der Waals surface area contributed by atoms with Crippen LogP contribution in [-0.4, -0.2) is 156 Å². The molecule has 75 heavy (non-hydrogen) atoms. The third-order valence-electron chi connectivity index (χ3n) is 13.2. The van der Waals surface area contributed by atoms with Gasteiger partial charge in [0.05, 0.1) is 18.7 Å². The molecule has 2 aromatic carbocycles. The molecule has 0 radical (unpaired) electrons. The predicted octanol–water partition coefficient (Wildman–Crippen LogP) is 5.71. The smallest absolute Gasteiger partial charge is 0.410 e. The Bertz CT molecular complexity index is 3210. The molecule has 0 bridgehead atoms. The van der Waals surface area contributed by atoms with Gasteiger partial charge in [0.2, 0.25) is 23.7 Å². The first kappa shape index (κ1) is 53.2. The minimum Gasteiger partial charge on any atom is -0.444 e. The molecule has 10 rings (SSSR count). The number of anilines is 4. The number of carbonyl (C=O) groups excluding carboxylic acids is 3. The number of hydrogen-bond donors (Lipinski definition) is 5. The van der Waals surface area contributed by atoms with E-state index in [4.69, 9.17) is 51.1 Å². The number of ether oxygens (including phenoxy) is 1. The van der Waals surface area contributed by atoms with E-state index in [1.165, 1.54) is 12.7 Å². The van der Waals surface area contributed by atoms with Crippen LogP contribution in [0.3, 0.4) is 0 Å². The molecule has 8 heterocycles. The van der Waals surface area contributed by atoms with Gasteiger partial charge in [0.25, 0.3) is 11.1 Å². The summed E-state index contributed by atoms with van der Waals surface area (Å²) in [4.78, 5) is 105. The number of halogens is 4. The number of aromatic amines is 2. The molecule has 3 amide bonds. The van der Waals surface area contributed by atoms with Crippen LogP contribution in [0.5, 0.6) is 0 Å². The SMILES string of the molecule is CC(C)(C)OC(=O)N1CCC[C@@H]1C(=O)N1CCN(c2nc(NCc3ccc(Cl)cc3Cl)c3c(=O)[nH]cnc3n2)CC1.O=C([C@H]1CCCN1)N1CCN(c2nc(NCc3ccc(Cl)cc3Cl)c3c(=O)[nH]cnc3n2)CC1. The number of fused-ring (bicyclic) bond motifs is 2. The molecule has 6 aromatic rings. The molecule has 5 N–H and O–H groups in total. The highest BCUT2D eigenvalue weighted by Gasteiger charge is 2.40. The van der Waals surface area contributed by atoms with Crippen molar-refractivity contribution in [2.45, 2.75) is 77.2 Å². The monoisotopic (exact) mass is 1100 g/mol. The number of rotatable bonds is 10. The van der Waals surface area contributed by atoms with Gasteiger partial charge in [-0.3, -0.25) is 24.1 Å². The van der Waals surface area contributed by atoms with Crippen LogP contribution in [0.4, 0.5) is 28.3 Å². The molecule has 4 aliphatic rings. The molecule has 26 heteroatoms. The van der Waals surface area contributed by atoms with Crippen LogP contribution in [0.1, 0.15) is 57.6 Å². The minimum atomic E-state index is -0.632. The Labute approximate surface area is 450 Å². The number of amides is 3. The average molecular weight is 1110 g/mol. The van der Waals surface area contributed by atoms with E-state index in [2.05, 4.69) is 55.8 Å². The molecule has 4 saturated heterocycles. The van der Waals surface area contributed by atoms with Crippen LogP contribution in [0, 0.1) is 0 Å². The second-order valence-corrected chi connectivity index (χ2v) is 21.1. The van der Waals surface area contributed by atoms with Crippen molar-refractivity contribution >= 4 is 110 Å². The maximum absolute atomic E-state index is 13.4. The number of carbonyl (C=O) groups is 3. The van der Waals surface area contributed by atoms with Crippen molar-refractivity contribution in [3.63, 3.8) is 0 Å². The Morgan fingerprint density at radius 3 is 1.60 bits per heavy atom. The zero-order valence-corrected chi connectivity index (χ0v) is 44.5. The summed E-state index contributed by atoms with van der Waals surface area (Å²) in [7, 11) is 0. The summed E-state index contributed by atoms with van der Waals surface area (Å²) >= 11 is 24.6. The van der Waals surface area contributed by atoms with Crippen molar-refractivity contribution in [2.24, 2.45) is 0 Å². The van der Waals surface area contributed by atoms with Gasteiger partial charge in [0.1, 0.15) is 34.1 Å². The molecule has 4 aliphatic heterocycles. The highest BCUT2D eigenvalue weighted by Crippen LogP contribution is 2.28. The van der Waals surface area contributed by atoms with Gasteiger partial charge in [-0.15, -0.1) is 0 Å². The van der Waals surface area contributed by atoms with Crippen LogP contribution >= 0.6 is 46.4 Å². The summed E-state index contributed by atoms with van der Waals surface area (Å²) in [6.45, 7) is 11.6.